The van der Waals surface area contributed by atoms with Crippen molar-refractivity contribution in [1.29, 1.82) is 10.5 Å². The normalized spacial score (nSPS) is 11.3. The van der Waals surface area contributed by atoms with Crippen LogP contribution in [0.15, 0.2) is 65.7 Å². The summed E-state index contributed by atoms with van der Waals surface area (Å²) in [7, 11) is -3.96. The zero-order chi connectivity index (χ0) is 28.0. The topological polar surface area (TPSA) is 131 Å². The summed E-state index contributed by atoms with van der Waals surface area (Å²) in [5, 5.41) is 18.8. The molecule has 0 unspecified atom stereocenters. The van der Waals surface area contributed by atoms with Crippen LogP contribution >= 0.6 is 22.9 Å². The van der Waals surface area contributed by atoms with Crippen molar-refractivity contribution in [2.45, 2.75) is 31.2 Å². The first-order valence-electron chi connectivity index (χ1n) is 11.9. The number of sulfonamides is 1. The molecule has 2 aromatic carbocycles. The number of nitriles is 2. The second kappa shape index (κ2) is 12.3. The number of fused-ring (bicyclic) bond motifs is 1. The fourth-order valence-electron chi connectivity index (χ4n) is 3.86. The quantitative estimate of drug-likeness (QED) is 0.249. The van der Waals surface area contributed by atoms with E-state index in [4.69, 9.17) is 27.1 Å². The van der Waals surface area contributed by atoms with Crippen molar-refractivity contribution >= 4 is 54.2 Å². The highest BCUT2D eigenvalue weighted by Gasteiger charge is 2.26. The predicted molar refractivity (Wildman–Crippen MR) is 150 cm³/mol. The zero-order valence-corrected chi connectivity index (χ0v) is 23.3. The average molecular weight is 579 g/mol. The van der Waals surface area contributed by atoms with E-state index in [9.17, 15) is 13.2 Å². The minimum Gasteiger partial charge on any atom is -0.278 e. The molecule has 9 nitrogen and oxygen atoms in total. The highest BCUT2D eigenvalue weighted by atomic mass is 35.5. The minimum atomic E-state index is -3.96. The van der Waals surface area contributed by atoms with Gasteiger partial charge in [-0.25, -0.2) is 13.4 Å². The number of anilines is 1. The van der Waals surface area contributed by atoms with E-state index in [0.29, 0.717) is 21.4 Å². The lowest BCUT2D eigenvalue weighted by atomic mass is 10.2. The van der Waals surface area contributed by atoms with E-state index >= 15 is 0 Å². The van der Waals surface area contributed by atoms with Crippen LogP contribution in [-0.2, 0) is 16.6 Å². The molecular weight excluding hydrogens is 556 g/mol. The van der Waals surface area contributed by atoms with Crippen LogP contribution in [0.5, 0.6) is 0 Å². The number of pyridine rings is 1. The molecule has 0 aliphatic rings. The van der Waals surface area contributed by atoms with Crippen LogP contribution in [0.4, 0.5) is 5.13 Å². The zero-order valence-electron chi connectivity index (χ0n) is 20.9. The van der Waals surface area contributed by atoms with Crippen LogP contribution in [0.25, 0.3) is 10.2 Å². The molecule has 0 saturated carbocycles. The second-order valence-electron chi connectivity index (χ2n) is 8.50. The summed E-state index contributed by atoms with van der Waals surface area (Å²) in [4.78, 5) is 24.3. The molecule has 4 aromatic rings. The van der Waals surface area contributed by atoms with Gasteiger partial charge in [-0.2, -0.15) is 14.8 Å². The molecule has 0 saturated heterocycles. The van der Waals surface area contributed by atoms with Crippen LogP contribution in [-0.4, -0.2) is 41.7 Å². The Morgan fingerprint density at radius 3 is 2.31 bits per heavy atom. The van der Waals surface area contributed by atoms with Crippen molar-refractivity contribution in [2.24, 2.45) is 0 Å². The Bertz CT molecular complexity index is 1620. The van der Waals surface area contributed by atoms with E-state index in [1.54, 1.807) is 24.4 Å². The number of rotatable bonds is 10. The van der Waals surface area contributed by atoms with Gasteiger partial charge in [0.15, 0.2) is 5.13 Å². The number of carbonyl (C=O) groups is 1. The van der Waals surface area contributed by atoms with Gasteiger partial charge >= 0.3 is 0 Å². The molecule has 0 fully saturated rings. The van der Waals surface area contributed by atoms with Gasteiger partial charge in [-0.1, -0.05) is 35.1 Å². The number of carbonyl (C=O) groups excluding carboxylic acids is 1. The molecule has 0 bridgehead atoms. The van der Waals surface area contributed by atoms with Crippen LogP contribution in [0.2, 0.25) is 5.02 Å². The third-order valence-electron chi connectivity index (χ3n) is 5.89. The van der Waals surface area contributed by atoms with E-state index < -0.39 is 10.0 Å². The lowest BCUT2D eigenvalue weighted by molar-refractivity contribution is 0.0984. The molecule has 0 radical (unpaired) electrons. The maximum absolute atomic E-state index is 13.8. The van der Waals surface area contributed by atoms with Crippen LogP contribution < -0.4 is 4.90 Å². The largest absolute Gasteiger partial charge is 0.278 e. The van der Waals surface area contributed by atoms with Gasteiger partial charge in [-0.15, -0.1) is 0 Å². The number of benzene rings is 2. The monoisotopic (exact) mass is 578 g/mol. The Hall–Kier alpha value is -3.87. The van der Waals surface area contributed by atoms with E-state index in [1.807, 2.05) is 31.2 Å². The first-order chi connectivity index (χ1) is 18.8. The molecule has 1 amide bonds. The smallest absolute Gasteiger partial charge is 0.260 e. The Balaban J connectivity index is 1.69. The van der Waals surface area contributed by atoms with E-state index in [2.05, 4.69) is 4.98 Å². The van der Waals surface area contributed by atoms with Gasteiger partial charge in [0.05, 0.1) is 44.5 Å². The van der Waals surface area contributed by atoms with Crippen molar-refractivity contribution in [2.75, 3.05) is 18.0 Å². The van der Waals surface area contributed by atoms with E-state index in [-0.39, 0.29) is 48.8 Å². The number of hydrogen-bond acceptors (Lipinski definition) is 8. The lowest BCUT2D eigenvalue weighted by Crippen LogP contribution is -2.33. The van der Waals surface area contributed by atoms with Crippen LogP contribution in [0.1, 0.15) is 34.5 Å². The number of aromatic nitrogens is 2. The SMILES string of the molecule is Cc1ccc(Cl)c2sc(N(Cc3ccccn3)C(=O)c3ccc(S(=O)(=O)N(CCC#N)CCC#N)cc3)nc12. The molecule has 0 spiro atoms. The van der Waals surface area contributed by atoms with Gasteiger partial charge in [-0.3, -0.25) is 14.7 Å². The molecule has 39 heavy (non-hydrogen) atoms. The molecule has 2 aromatic heterocycles. The number of amides is 1. The predicted octanol–water partition coefficient (Wildman–Crippen LogP) is 5.32. The van der Waals surface area contributed by atoms with Gasteiger partial charge in [0.2, 0.25) is 10.0 Å². The second-order valence-corrected chi connectivity index (χ2v) is 11.8. The number of thiazole rings is 1. The summed E-state index contributed by atoms with van der Waals surface area (Å²) < 4.78 is 28.2. The molecule has 4 rings (SSSR count). The molecule has 0 atom stereocenters. The molecule has 0 N–H and O–H groups in total. The third-order valence-corrected chi connectivity index (χ3v) is 9.34. The van der Waals surface area contributed by atoms with Crippen molar-refractivity contribution in [3.63, 3.8) is 0 Å². The first kappa shape index (κ1) is 28.1. The van der Waals surface area contributed by atoms with Gasteiger partial charge in [-0.05, 0) is 55.0 Å². The Labute approximate surface area is 235 Å². The summed E-state index contributed by atoms with van der Waals surface area (Å²) in [5.41, 5.74) is 2.54. The summed E-state index contributed by atoms with van der Waals surface area (Å²) in [6, 6.07) is 18.5. The van der Waals surface area contributed by atoms with Crippen molar-refractivity contribution < 1.29 is 13.2 Å². The molecule has 198 valence electrons. The Morgan fingerprint density at radius 2 is 1.72 bits per heavy atom. The van der Waals surface area contributed by atoms with Gasteiger partial charge in [0.25, 0.3) is 5.91 Å². The van der Waals surface area contributed by atoms with E-state index in [0.717, 1.165) is 14.6 Å². The van der Waals surface area contributed by atoms with Crippen molar-refractivity contribution in [1.82, 2.24) is 14.3 Å². The van der Waals surface area contributed by atoms with Crippen molar-refractivity contribution in [3.05, 3.63) is 82.6 Å². The van der Waals surface area contributed by atoms with Gasteiger partial charge in [0, 0.05) is 37.7 Å². The first-order valence-corrected chi connectivity index (χ1v) is 14.5. The number of halogens is 1. The molecule has 12 heteroatoms. The van der Waals surface area contributed by atoms with E-state index in [1.165, 1.54) is 40.5 Å². The number of aryl methyl sites for hydroxylation is 1. The maximum Gasteiger partial charge on any atom is 0.260 e. The highest BCUT2D eigenvalue weighted by molar-refractivity contribution is 7.89. The summed E-state index contributed by atoms with van der Waals surface area (Å²) in [5.74, 6) is -0.386. The molecular formula is C27H23ClN6O3S2. The van der Waals surface area contributed by atoms with Gasteiger partial charge in [0.1, 0.15) is 0 Å². The highest BCUT2D eigenvalue weighted by Crippen LogP contribution is 2.36. The van der Waals surface area contributed by atoms with Crippen LogP contribution in [0.3, 0.4) is 0 Å². The van der Waals surface area contributed by atoms with Crippen LogP contribution in [0, 0.1) is 29.6 Å². The number of nitrogens with zero attached hydrogens (tertiary/aromatic N) is 6. The molecule has 2 heterocycles. The molecule has 0 aliphatic heterocycles. The Morgan fingerprint density at radius 1 is 1.03 bits per heavy atom. The average Bonchev–Trinajstić information content (AvgIpc) is 3.41. The summed E-state index contributed by atoms with van der Waals surface area (Å²) >= 11 is 7.70. The fraction of sp³-hybridized carbons (Fsp3) is 0.222. The maximum atomic E-state index is 13.8. The Kier molecular flexibility index (Phi) is 8.90. The van der Waals surface area contributed by atoms with Gasteiger partial charge < -0.3 is 0 Å². The molecule has 0 aliphatic carbocycles. The summed E-state index contributed by atoms with van der Waals surface area (Å²) in [6.45, 7) is 2.01. The standard InChI is InChI=1S/C27H23ClN6O3S2/c1-19-7-12-23(28)25-24(19)32-27(38-25)34(18-21-6-2-3-15-31-21)26(35)20-8-10-22(11-9-20)39(36,37)33(16-4-13-29)17-5-14-30/h2-3,6-12,15H,4-5,16-18H2,1H3. The minimum absolute atomic E-state index is 0.00460. The summed E-state index contributed by atoms with van der Waals surface area (Å²) in [6.07, 6.45) is 1.63. The lowest BCUT2D eigenvalue weighted by Gasteiger charge is -2.21. The van der Waals surface area contributed by atoms with Crippen molar-refractivity contribution in [3.8, 4) is 12.1 Å². The number of hydrogen-bond donors (Lipinski definition) is 0. The third kappa shape index (κ3) is 6.24. The fourth-order valence-corrected chi connectivity index (χ4v) is 6.62.